The van der Waals surface area contributed by atoms with Gasteiger partial charge in [-0.2, -0.15) is 0 Å². The Balaban J connectivity index is 2.13. The minimum Gasteiger partial charge on any atom is -0.468 e. The van der Waals surface area contributed by atoms with E-state index in [1.165, 1.54) is 13.2 Å². The third-order valence-electron chi connectivity index (χ3n) is 3.48. The predicted molar refractivity (Wildman–Crippen MR) is 71.5 cm³/mol. The van der Waals surface area contributed by atoms with E-state index in [2.05, 4.69) is 0 Å². The molecule has 1 aromatic rings. The van der Waals surface area contributed by atoms with Crippen molar-refractivity contribution >= 4 is 17.6 Å². The van der Waals surface area contributed by atoms with E-state index in [1.807, 2.05) is 4.90 Å². The van der Waals surface area contributed by atoms with E-state index in [0.717, 1.165) is 25.8 Å². The molecule has 0 N–H and O–H groups in total. The third kappa shape index (κ3) is 3.45. The molecular formula is C14H17ClFNO2. The van der Waals surface area contributed by atoms with Crippen molar-refractivity contribution in [2.75, 3.05) is 13.7 Å². The lowest BCUT2D eigenvalue weighted by atomic mass is 10.0. The number of hydrogen-bond donors (Lipinski definition) is 0. The van der Waals surface area contributed by atoms with E-state index < -0.39 is 0 Å². The maximum atomic E-state index is 13.8. The number of nitrogens with zero attached hydrogens (tertiary/aromatic N) is 1. The van der Waals surface area contributed by atoms with Crippen LogP contribution in [0.15, 0.2) is 18.2 Å². The van der Waals surface area contributed by atoms with Gasteiger partial charge >= 0.3 is 5.97 Å². The lowest BCUT2D eigenvalue weighted by molar-refractivity contribution is -0.148. The summed E-state index contributed by atoms with van der Waals surface area (Å²) in [6, 6.07) is 4.36. The molecule has 1 aromatic carbocycles. The summed E-state index contributed by atoms with van der Waals surface area (Å²) in [6.45, 7) is 1.19. The molecule has 1 unspecified atom stereocenters. The zero-order chi connectivity index (χ0) is 13.8. The second kappa shape index (κ2) is 6.35. The van der Waals surface area contributed by atoms with Gasteiger partial charge in [0, 0.05) is 17.1 Å². The number of methoxy groups -OCH3 is 1. The standard InChI is InChI=1S/C14H17ClFNO2/c1-19-14(18)13-4-2-3-7-17(13)9-10-5-6-11(15)8-12(10)16/h5-6,8,13H,2-4,7,9H2,1H3. The van der Waals surface area contributed by atoms with Crippen molar-refractivity contribution in [1.82, 2.24) is 4.90 Å². The van der Waals surface area contributed by atoms with Crippen LogP contribution in [0.4, 0.5) is 4.39 Å². The van der Waals surface area contributed by atoms with Gasteiger partial charge in [0.25, 0.3) is 0 Å². The summed E-state index contributed by atoms with van der Waals surface area (Å²) >= 11 is 5.73. The minimum absolute atomic E-state index is 0.242. The molecule has 1 fully saturated rings. The van der Waals surface area contributed by atoms with E-state index >= 15 is 0 Å². The van der Waals surface area contributed by atoms with Crippen LogP contribution in [-0.2, 0) is 16.1 Å². The lowest BCUT2D eigenvalue weighted by Crippen LogP contribution is -2.44. The molecule has 0 spiro atoms. The summed E-state index contributed by atoms with van der Waals surface area (Å²) in [5, 5.41) is 0.379. The average molecular weight is 286 g/mol. The Morgan fingerprint density at radius 2 is 2.32 bits per heavy atom. The smallest absolute Gasteiger partial charge is 0.323 e. The Hall–Kier alpha value is -1.13. The molecule has 0 radical (unpaired) electrons. The second-order valence-electron chi connectivity index (χ2n) is 4.74. The van der Waals surface area contributed by atoms with Crippen molar-refractivity contribution in [1.29, 1.82) is 0 Å². The van der Waals surface area contributed by atoms with Gasteiger partial charge in [-0.15, -0.1) is 0 Å². The number of benzene rings is 1. The summed E-state index contributed by atoms with van der Waals surface area (Å²) in [5.41, 5.74) is 0.556. The largest absolute Gasteiger partial charge is 0.468 e. The molecule has 3 nitrogen and oxygen atoms in total. The molecule has 19 heavy (non-hydrogen) atoms. The normalized spacial score (nSPS) is 20.3. The first kappa shape index (κ1) is 14.3. The number of halogens is 2. The topological polar surface area (TPSA) is 29.5 Å². The highest BCUT2D eigenvalue weighted by molar-refractivity contribution is 6.30. The van der Waals surface area contributed by atoms with Crippen molar-refractivity contribution in [3.05, 3.63) is 34.6 Å². The monoisotopic (exact) mass is 285 g/mol. The van der Waals surface area contributed by atoms with Gasteiger partial charge in [-0.25, -0.2) is 4.39 Å². The summed E-state index contributed by atoms with van der Waals surface area (Å²) in [5.74, 6) is -0.573. The van der Waals surface area contributed by atoms with Crippen LogP contribution < -0.4 is 0 Å². The molecule has 0 saturated carbocycles. The van der Waals surface area contributed by atoms with Gasteiger partial charge in [0.1, 0.15) is 11.9 Å². The van der Waals surface area contributed by atoms with Crippen molar-refractivity contribution in [3.63, 3.8) is 0 Å². The second-order valence-corrected chi connectivity index (χ2v) is 5.18. The van der Waals surface area contributed by atoms with Crippen molar-refractivity contribution in [2.45, 2.75) is 31.8 Å². The summed E-state index contributed by atoms with van der Waals surface area (Å²) in [4.78, 5) is 13.7. The average Bonchev–Trinajstić information content (AvgIpc) is 2.41. The zero-order valence-electron chi connectivity index (χ0n) is 10.9. The van der Waals surface area contributed by atoms with Crippen LogP contribution in [0.3, 0.4) is 0 Å². The molecular weight excluding hydrogens is 269 g/mol. The number of rotatable bonds is 3. The van der Waals surface area contributed by atoms with Gasteiger partial charge in [0.2, 0.25) is 0 Å². The van der Waals surface area contributed by atoms with E-state index in [9.17, 15) is 9.18 Å². The molecule has 1 saturated heterocycles. The number of carbonyl (C=O) groups excluding carboxylic acids is 1. The fourth-order valence-corrected chi connectivity index (χ4v) is 2.61. The molecule has 1 aliphatic rings. The molecule has 0 aromatic heterocycles. The van der Waals surface area contributed by atoms with Crippen LogP contribution in [0.2, 0.25) is 5.02 Å². The molecule has 1 aliphatic heterocycles. The van der Waals surface area contributed by atoms with Crippen molar-refractivity contribution in [3.8, 4) is 0 Å². The molecule has 0 amide bonds. The number of piperidine rings is 1. The Kier molecular flexibility index (Phi) is 4.77. The van der Waals surface area contributed by atoms with Gasteiger partial charge in [-0.1, -0.05) is 24.1 Å². The minimum atomic E-state index is -0.332. The molecule has 1 heterocycles. The SMILES string of the molecule is COC(=O)C1CCCCN1Cc1ccc(Cl)cc1F. The zero-order valence-corrected chi connectivity index (χ0v) is 11.6. The van der Waals surface area contributed by atoms with E-state index in [-0.39, 0.29) is 17.8 Å². The Morgan fingerprint density at radius 1 is 1.53 bits per heavy atom. The van der Waals surface area contributed by atoms with Crippen LogP contribution in [0.25, 0.3) is 0 Å². The van der Waals surface area contributed by atoms with Gasteiger partial charge in [0.15, 0.2) is 0 Å². The maximum Gasteiger partial charge on any atom is 0.323 e. The number of ether oxygens (including phenoxy) is 1. The van der Waals surface area contributed by atoms with Gasteiger partial charge in [0.05, 0.1) is 7.11 Å². The van der Waals surface area contributed by atoms with Crippen LogP contribution in [0, 0.1) is 5.82 Å². The highest BCUT2D eigenvalue weighted by Crippen LogP contribution is 2.23. The molecule has 1 atom stereocenters. The predicted octanol–water partition coefficient (Wildman–Crippen LogP) is 3.01. The first-order valence-corrected chi connectivity index (χ1v) is 6.75. The Morgan fingerprint density at radius 3 is 3.00 bits per heavy atom. The number of carbonyl (C=O) groups is 1. The van der Waals surface area contributed by atoms with Gasteiger partial charge < -0.3 is 4.74 Å². The van der Waals surface area contributed by atoms with E-state index in [0.29, 0.717) is 17.1 Å². The van der Waals surface area contributed by atoms with E-state index in [4.69, 9.17) is 16.3 Å². The molecule has 0 bridgehead atoms. The van der Waals surface area contributed by atoms with Crippen LogP contribution in [0.1, 0.15) is 24.8 Å². The van der Waals surface area contributed by atoms with Crippen LogP contribution in [-0.4, -0.2) is 30.6 Å². The summed E-state index contributed by atoms with van der Waals surface area (Å²) < 4.78 is 18.6. The molecule has 2 rings (SSSR count). The highest BCUT2D eigenvalue weighted by atomic mass is 35.5. The van der Waals surface area contributed by atoms with Crippen LogP contribution in [0.5, 0.6) is 0 Å². The Bertz CT molecular complexity index is 467. The molecule has 104 valence electrons. The number of likely N-dealkylation sites (tertiary alicyclic amines) is 1. The highest BCUT2D eigenvalue weighted by Gasteiger charge is 2.29. The molecule has 0 aliphatic carbocycles. The number of hydrogen-bond acceptors (Lipinski definition) is 3. The van der Waals surface area contributed by atoms with Crippen molar-refractivity contribution in [2.24, 2.45) is 0 Å². The lowest BCUT2D eigenvalue weighted by Gasteiger charge is -2.33. The fourth-order valence-electron chi connectivity index (χ4n) is 2.45. The molecule has 5 heteroatoms. The van der Waals surface area contributed by atoms with Crippen molar-refractivity contribution < 1.29 is 13.9 Å². The van der Waals surface area contributed by atoms with E-state index in [1.54, 1.807) is 12.1 Å². The van der Waals surface area contributed by atoms with Gasteiger partial charge in [-0.3, -0.25) is 9.69 Å². The fraction of sp³-hybridized carbons (Fsp3) is 0.500. The summed E-state index contributed by atoms with van der Waals surface area (Å²) in [7, 11) is 1.39. The maximum absolute atomic E-state index is 13.8. The number of esters is 1. The van der Waals surface area contributed by atoms with Crippen LogP contribution >= 0.6 is 11.6 Å². The first-order chi connectivity index (χ1) is 9.11. The Labute approximate surface area is 117 Å². The first-order valence-electron chi connectivity index (χ1n) is 6.37. The summed E-state index contributed by atoms with van der Waals surface area (Å²) in [6.07, 6.45) is 2.78. The quantitative estimate of drug-likeness (QED) is 0.800. The third-order valence-corrected chi connectivity index (χ3v) is 3.71. The van der Waals surface area contributed by atoms with Gasteiger partial charge in [-0.05, 0) is 31.5 Å².